The highest BCUT2D eigenvalue weighted by atomic mass is 16.4. The molecule has 1 N–H and O–H groups in total. The molecule has 1 aromatic rings. The maximum absolute atomic E-state index is 11.1. The van der Waals surface area contributed by atoms with Crippen LogP contribution < -0.4 is 4.90 Å². The van der Waals surface area contributed by atoms with E-state index in [0.29, 0.717) is 6.04 Å². The van der Waals surface area contributed by atoms with Crippen LogP contribution in [0.1, 0.15) is 56.9 Å². The smallest absolute Gasteiger partial charge is 0.304 e. The second kappa shape index (κ2) is 6.08. The van der Waals surface area contributed by atoms with Gasteiger partial charge in [0.15, 0.2) is 0 Å². The van der Waals surface area contributed by atoms with E-state index in [1.165, 1.54) is 43.4 Å². The van der Waals surface area contributed by atoms with E-state index in [0.717, 1.165) is 12.5 Å². The Balaban J connectivity index is 1.77. The van der Waals surface area contributed by atoms with Crippen molar-refractivity contribution >= 4 is 11.7 Å². The van der Waals surface area contributed by atoms with Crippen molar-refractivity contribution in [3.05, 3.63) is 29.8 Å². The van der Waals surface area contributed by atoms with Crippen LogP contribution in [-0.4, -0.2) is 23.7 Å². The summed E-state index contributed by atoms with van der Waals surface area (Å²) >= 11 is 0. The lowest BCUT2D eigenvalue weighted by Crippen LogP contribution is -2.37. The van der Waals surface area contributed by atoms with Crippen molar-refractivity contribution in [1.29, 1.82) is 0 Å². The van der Waals surface area contributed by atoms with E-state index in [1.54, 1.807) is 0 Å². The lowest BCUT2D eigenvalue weighted by atomic mass is 9.84. The number of anilines is 1. The summed E-state index contributed by atoms with van der Waals surface area (Å²) in [4.78, 5) is 13.6. The third-order valence-corrected chi connectivity index (χ3v) is 5.36. The fraction of sp³-hybridized carbons (Fsp3) is 0.611. The summed E-state index contributed by atoms with van der Waals surface area (Å²) in [5.74, 6) is 0.364. The minimum Gasteiger partial charge on any atom is -0.481 e. The molecule has 21 heavy (non-hydrogen) atoms. The third-order valence-electron chi connectivity index (χ3n) is 5.36. The number of hydrogen-bond acceptors (Lipinski definition) is 2. The van der Waals surface area contributed by atoms with Crippen LogP contribution in [0.2, 0.25) is 0 Å². The molecule has 114 valence electrons. The molecule has 0 amide bonds. The maximum Gasteiger partial charge on any atom is 0.304 e. The van der Waals surface area contributed by atoms with Crippen LogP contribution in [0, 0.1) is 5.92 Å². The van der Waals surface area contributed by atoms with Gasteiger partial charge in [0, 0.05) is 24.2 Å². The number of nitrogens with zero attached hydrogens (tertiary/aromatic N) is 1. The highest BCUT2D eigenvalue weighted by Crippen LogP contribution is 2.42. The molecule has 3 nitrogen and oxygen atoms in total. The minimum atomic E-state index is -0.689. The van der Waals surface area contributed by atoms with Gasteiger partial charge >= 0.3 is 5.97 Å². The number of para-hydroxylation sites is 1. The molecule has 0 bridgehead atoms. The normalized spacial score (nSPS) is 28.4. The molecule has 1 atom stereocenters. The predicted octanol–water partition coefficient (Wildman–Crippen LogP) is 4.03. The molecule has 0 spiro atoms. The van der Waals surface area contributed by atoms with Gasteiger partial charge in [0.05, 0.1) is 6.42 Å². The Hall–Kier alpha value is -1.51. The van der Waals surface area contributed by atoms with E-state index in [-0.39, 0.29) is 12.3 Å². The van der Waals surface area contributed by atoms with Gasteiger partial charge in [-0.05, 0) is 43.2 Å². The van der Waals surface area contributed by atoms with Crippen LogP contribution >= 0.6 is 0 Å². The van der Waals surface area contributed by atoms with Crippen LogP contribution in [0.15, 0.2) is 24.3 Å². The average Bonchev–Trinajstić information content (AvgIpc) is 2.86. The molecule has 1 fully saturated rings. The molecule has 1 aliphatic heterocycles. The summed E-state index contributed by atoms with van der Waals surface area (Å²) in [5.41, 5.74) is 2.52. The number of aliphatic carboxylic acids is 1. The molecule has 0 aromatic heterocycles. The topological polar surface area (TPSA) is 40.5 Å². The summed E-state index contributed by atoms with van der Waals surface area (Å²) in [6.07, 6.45) is 6.70. The van der Waals surface area contributed by atoms with Crippen molar-refractivity contribution in [3.8, 4) is 0 Å². The van der Waals surface area contributed by atoms with Gasteiger partial charge in [-0.1, -0.05) is 31.5 Å². The Kier molecular flexibility index (Phi) is 4.18. The largest absolute Gasteiger partial charge is 0.481 e. The summed E-state index contributed by atoms with van der Waals surface area (Å²) in [7, 11) is 0. The molecule has 1 saturated carbocycles. The summed E-state index contributed by atoms with van der Waals surface area (Å²) in [6.45, 7) is 3.17. The van der Waals surface area contributed by atoms with Crippen molar-refractivity contribution in [1.82, 2.24) is 0 Å². The molecule has 1 heterocycles. The first-order valence-corrected chi connectivity index (χ1v) is 8.26. The van der Waals surface area contributed by atoms with Gasteiger partial charge in [-0.25, -0.2) is 0 Å². The molecule has 3 heteroatoms. The second-order valence-corrected chi connectivity index (χ2v) is 6.59. The third kappa shape index (κ3) is 2.92. The van der Waals surface area contributed by atoms with Gasteiger partial charge in [-0.2, -0.15) is 0 Å². The van der Waals surface area contributed by atoms with Crippen molar-refractivity contribution in [2.45, 2.75) is 57.4 Å². The van der Waals surface area contributed by atoms with E-state index in [9.17, 15) is 4.79 Å². The second-order valence-electron chi connectivity index (χ2n) is 6.59. The molecule has 2 aliphatic rings. The molecule has 0 saturated heterocycles. The van der Waals surface area contributed by atoms with Crippen molar-refractivity contribution in [2.24, 2.45) is 5.92 Å². The first kappa shape index (κ1) is 14.4. The SMILES string of the molecule is CCC1CCC(N2CC(CC(=O)O)c3ccccc32)CC1. The monoisotopic (exact) mass is 287 g/mol. The number of fused-ring (bicyclic) bond motifs is 1. The van der Waals surface area contributed by atoms with Crippen LogP contribution in [0.4, 0.5) is 5.69 Å². The van der Waals surface area contributed by atoms with E-state index in [2.05, 4.69) is 30.0 Å². The van der Waals surface area contributed by atoms with Gasteiger partial charge in [0.2, 0.25) is 0 Å². The Morgan fingerprint density at radius 1 is 1.24 bits per heavy atom. The summed E-state index contributed by atoms with van der Waals surface area (Å²) in [6, 6.07) is 8.99. The van der Waals surface area contributed by atoms with Crippen LogP contribution in [0.3, 0.4) is 0 Å². The Morgan fingerprint density at radius 3 is 2.62 bits per heavy atom. The van der Waals surface area contributed by atoms with E-state index < -0.39 is 5.97 Å². The van der Waals surface area contributed by atoms with Crippen LogP contribution in [-0.2, 0) is 4.79 Å². The van der Waals surface area contributed by atoms with Crippen molar-refractivity contribution in [3.63, 3.8) is 0 Å². The van der Waals surface area contributed by atoms with Crippen molar-refractivity contribution < 1.29 is 9.90 Å². The Bertz CT molecular complexity index is 506. The summed E-state index contributed by atoms with van der Waals surface area (Å²) in [5, 5.41) is 9.14. The first-order valence-electron chi connectivity index (χ1n) is 8.26. The first-order chi connectivity index (χ1) is 10.2. The fourth-order valence-electron chi connectivity index (χ4n) is 4.12. The van der Waals surface area contributed by atoms with Gasteiger partial charge in [-0.3, -0.25) is 4.79 Å². The molecule has 1 unspecified atom stereocenters. The standard InChI is InChI=1S/C18H25NO2/c1-2-13-7-9-15(10-8-13)19-12-14(11-18(20)21)16-5-3-4-6-17(16)19/h3-6,13-15H,2,7-12H2,1H3,(H,20,21). The van der Waals surface area contributed by atoms with Crippen LogP contribution in [0.5, 0.6) is 0 Å². The number of rotatable bonds is 4. The minimum absolute atomic E-state index is 0.155. The molecule has 1 aliphatic carbocycles. The Labute approximate surface area is 127 Å². The molecular weight excluding hydrogens is 262 g/mol. The zero-order valence-corrected chi connectivity index (χ0v) is 12.8. The number of benzene rings is 1. The number of carboxylic acid groups (broad SMARTS) is 1. The molecule has 3 rings (SSSR count). The highest BCUT2D eigenvalue weighted by molar-refractivity contribution is 5.71. The predicted molar refractivity (Wildman–Crippen MR) is 84.8 cm³/mol. The van der Waals surface area contributed by atoms with E-state index >= 15 is 0 Å². The Morgan fingerprint density at radius 2 is 1.95 bits per heavy atom. The van der Waals surface area contributed by atoms with Gasteiger partial charge in [0.25, 0.3) is 0 Å². The van der Waals surface area contributed by atoms with E-state index in [1.807, 2.05) is 6.07 Å². The average molecular weight is 287 g/mol. The lowest BCUT2D eigenvalue weighted by Gasteiger charge is -2.36. The molecular formula is C18H25NO2. The fourth-order valence-corrected chi connectivity index (χ4v) is 4.12. The zero-order chi connectivity index (χ0) is 14.8. The lowest BCUT2D eigenvalue weighted by molar-refractivity contribution is -0.137. The van der Waals surface area contributed by atoms with Gasteiger partial charge in [-0.15, -0.1) is 0 Å². The van der Waals surface area contributed by atoms with Crippen molar-refractivity contribution in [2.75, 3.05) is 11.4 Å². The quantitative estimate of drug-likeness (QED) is 0.908. The summed E-state index contributed by atoms with van der Waals surface area (Å²) < 4.78 is 0. The number of carbonyl (C=O) groups is 1. The van der Waals surface area contributed by atoms with Gasteiger partial charge in [0.1, 0.15) is 0 Å². The van der Waals surface area contributed by atoms with Crippen LogP contribution in [0.25, 0.3) is 0 Å². The molecule has 0 radical (unpaired) electrons. The maximum atomic E-state index is 11.1. The highest BCUT2D eigenvalue weighted by Gasteiger charge is 2.35. The van der Waals surface area contributed by atoms with E-state index in [4.69, 9.17) is 5.11 Å². The van der Waals surface area contributed by atoms with Gasteiger partial charge < -0.3 is 10.0 Å². The number of carboxylic acids is 1. The zero-order valence-electron chi connectivity index (χ0n) is 12.8. The number of hydrogen-bond donors (Lipinski definition) is 1. The molecule has 1 aromatic carbocycles.